The van der Waals surface area contributed by atoms with Gasteiger partial charge in [-0.2, -0.15) is 5.26 Å². The van der Waals surface area contributed by atoms with Crippen molar-refractivity contribution in [2.45, 2.75) is 6.92 Å². The maximum absolute atomic E-state index is 12.0. The molecule has 0 saturated heterocycles. The zero-order valence-electron chi connectivity index (χ0n) is 9.82. The molecule has 1 aromatic heterocycles. The predicted octanol–water partition coefficient (Wildman–Crippen LogP) is 2.86. The molecule has 3 heteroatoms. The third kappa shape index (κ3) is 1.40. The van der Waals surface area contributed by atoms with Crippen molar-refractivity contribution < 1.29 is 0 Å². The number of hydrogen-bond acceptors (Lipinski definition) is 2. The van der Waals surface area contributed by atoms with Gasteiger partial charge in [0.2, 0.25) is 0 Å². The molecule has 3 aromatic rings. The number of hydrogen-bond donors (Lipinski definition) is 1. The third-order valence-electron chi connectivity index (χ3n) is 3.19. The lowest BCUT2D eigenvalue weighted by molar-refractivity contribution is 1.31. The highest BCUT2D eigenvalue weighted by molar-refractivity contribution is 6.06. The molecule has 0 amide bonds. The minimum Gasteiger partial charge on any atom is -0.321 e. The van der Waals surface area contributed by atoms with E-state index in [1.165, 1.54) is 0 Å². The van der Waals surface area contributed by atoms with Crippen molar-refractivity contribution in [1.82, 2.24) is 4.98 Å². The topological polar surface area (TPSA) is 56.6 Å². The largest absolute Gasteiger partial charge is 0.321 e. The molecule has 0 atom stereocenters. The van der Waals surface area contributed by atoms with Crippen LogP contribution in [-0.2, 0) is 0 Å². The first kappa shape index (κ1) is 10.5. The number of H-pyrrole nitrogens is 1. The zero-order chi connectivity index (χ0) is 12.7. The number of para-hydroxylation sites is 1. The van der Waals surface area contributed by atoms with Gasteiger partial charge < -0.3 is 4.98 Å². The van der Waals surface area contributed by atoms with Gasteiger partial charge in [0.1, 0.15) is 0 Å². The highest BCUT2D eigenvalue weighted by Gasteiger charge is 2.07. The lowest BCUT2D eigenvalue weighted by atomic mass is 10.0. The molecule has 2 aromatic carbocycles. The molecule has 18 heavy (non-hydrogen) atoms. The van der Waals surface area contributed by atoms with Gasteiger partial charge in [0.05, 0.1) is 17.1 Å². The number of aromatic nitrogens is 1. The molecule has 0 spiro atoms. The average molecular weight is 234 g/mol. The molecule has 3 nitrogen and oxygen atoms in total. The first-order chi connectivity index (χ1) is 8.70. The second kappa shape index (κ2) is 3.71. The fourth-order valence-corrected chi connectivity index (χ4v) is 2.27. The minimum atomic E-state index is -0.115. The van der Waals surface area contributed by atoms with Crippen LogP contribution in [0, 0.1) is 18.3 Å². The molecule has 0 saturated carbocycles. The van der Waals surface area contributed by atoms with Gasteiger partial charge in [-0.25, -0.2) is 0 Å². The summed E-state index contributed by atoms with van der Waals surface area (Å²) >= 11 is 0. The number of rotatable bonds is 0. The monoisotopic (exact) mass is 234 g/mol. The highest BCUT2D eigenvalue weighted by atomic mass is 16.1. The highest BCUT2D eigenvalue weighted by Crippen LogP contribution is 2.23. The number of aryl methyl sites for hydroxylation is 1. The van der Waals surface area contributed by atoms with E-state index in [-0.39, 0.29) is 5.56 Å². The van der Waals surface area contributed by atoms with Crippen molar-refractivity contribution >= 4 is 21.7 Å². The molecule has 0 aliphatic carbocycles. The van der Waals surface area contributed by atoms with E-state index in [1.54, 1.807) is 18.2 Å². The van der Waals surface area contributed by atoms with Crippen LogP contribution in [0.5, 0.6) is 0 Å². The lowest BCUT2D eigenvalue weighted by Crippen LogP contribution is -2.07. The molecule has 1 N–H and O–H groups in total. The van der Waals surface area contributed by atoms with Crippen LogP contribution in [0.15, 0.2) is 41.2 Å². The summed E-state index contributed by atoms with van der Waals surface area (Å²) < 4.78 is 0. The van der Waals surface area contributed by atoms with Crippen LogP contribution in [0.3, 0.4) is 0 Å². The Labute approximate surface area is 103 Å². The van der Waals surface area contributed by atoms with E-state index in [9.17, 15) is 4.79 Å². The van der Waals surface area contributed by atoms with E-state index >= 15 is 0 Å². The minimum absolute atomic E-state index is 0.115. The van der Waals surface area contributed by atoms with Gasteiger partial charge in [0, 0.05) is 10.8 Å². The van der Waals surface area contributed by atoms with Gasteiger partial charge in [-0.05, 0) is 36.1 Å². The first-order valence-electron chi connectivity index (χ1n) is 5.66. The maximum atomic E-state index is 12.0. The predicted molar refractivity (Wildman–Crippen MR) is 71.5 cm³/mol. The summed E-state index contributed by atoms with van der Waals surface area (Å²) in [5, 5.41) is 11.4. The van der Waals surface area contributed by atoms with Crippen LogP contribution in [0.4, 0.5) is 0 Å². The summed E-state index contributed by atoms with van der Waals surface area (Å²) in [6.45, 7) is 1.96. The summed E-state index contributed by atoms with van der Waals surface area (Å²) in [6, 6.07) is 13.1. The number of benzene rings is 2. The van der Waals surface area contributed by atoms with Crippen molar-refractivity contribution in [3.8, 4) is 6.07 Å². The first-order valence-corrected chi connectivity index (χ1v) is 5.66. The molecule has 0 aliphatic rings. The molecule has 0 fully saturated rings. The quantitative estimate of drug-likeness (QED) is 0.608. The van der Waals surface area contributed by atoms with Crippen molar-refractivity contribution in [3.05, 3.63) is 57.9 Å². The van der Waals surface area contributed by atoms with Crippen molar-refractivity contribution in [2.75, 3.05) is 0 Å². The van der Waals surface area contributed by atoms with Gasteiger partial charge in [-0.3, -0.25) is 4.79 Å². The SMILES string of the molecule is Cc1cccc2c1[nH]c(=O)c1ccc(C#N)cc12. The number of fused-ring (bicyclic) bond motifs is 3. The Kier molecular flexibility index (Phi) is 2.17. The smallest absolute Gasteiger partial charge is 0.256 e. The molecule has 1 heterocycles. The van der Waals surface area contributed by atoms with E-state index in [1.807, 2.05) is 25.1 Å². The summed E-state index contributed by atoms with van der Waals surface area (Å²) in [4.78, 5) is 14.9. The Bertz CT molecular complexity index is 869. The molecular weight excluding hydrogens is 224 g/mol. The molecule has 0 bridgehead atoms. The molecule has 0 radical (unpaired) electrons. The molecular formula is C15H10N2O. The summed E-state index contributed by atoms with van der Waals surface area (Å²) in [6.07, 6.45) is 0. The van der Waals surface area contributed by atoms with Crippen LogP contribution >= 0.6 is 0 Å². The van der Waals surface area contributed by atoms with E-state index in [0.29, 0.717) is 10.9 Å². The Balaban J connectivity index is 2.64. The van der Waals surface area contributed by atoms with Crippen molar-refractivity contribution in [1.29, 1.82) is 5.26 Å². The van der Waals surface area contributed by atoms with Crippen LogP contribution in [0.25, 0.3) is 21.7 Å². The Hall–Kier alpha value is -2.60. The number of aromatic amines is 1. The van der Waals surface area contributed by atoms with E-state index in [2.05, 4.69) is 11.1 Å². The van der Waals surface area contributed by atoms with Gasteiger partial charge in [0.15, 0.2) is 0 Å². The zero-order valence-corrected chi connectivity index (χ0v) is 9.82. The summed E-state index contributed by atoms with van der Waals surface area (Å²) in [5.41, 5.74) is 2.31. The summed E-state index contributed by atoms with van der Waals surface area (Å²) in [5.74, 6) is 0. The normalized spacial score (nSPS) is 10.7. The van der Waals surface area contributed by atoms with E-state index in [0.717, 1.165) is 21.9 Å². The Morgan fingerprint density at radius 3 is 2.72 bits per heavy atom. The number of nitriles is 1. The fraction of sp³-hybridized carbons (Fsp3) is 0.0667. The number of nitrogens with one attached hydrogen (secondary N) is 1. The van der Waals surface area contributed by atoms with Crippen LogP contribution in [0.1, 0.15) is 11.1 Å². The van der Waals surface area contributed by atoms with Gasteiger partial charge in [-0.15, -0.1) is 0 Å². The standard InChI is InChI=1S/C15H10N2O/c1-9-3-2-4-11-13-7-10(8-16)5-6-12(13)15(18)17-14(9)11/h2-7H,1H3,(H,17,18). The van der Waals surface area contributed by atoms with Crippen LogP contribution in [0.2, 0.25) is 0 Å². The Morgan fingerprint density at radius 1 is 1.11 bits per heavy atom. The molecule has 0 unspecified atom stereocenters. The number of nitrogens with zero attached hydrogens (tertiary/aromatic N) is 1. The number of pyridine rings is 1. The molecule has 3 rings (SSSR count). The average Bonchev–Trinajstić information content (AvgIpc) is 2.40. The molecule has 86 valence electrons. The van der Waals surface area contributed by atoms with Crippen molar-refractivity contribution in [3.63, 3.8) is 0 Å². The van der Waals surface area contributed by atoms with Crippen LogP contribution in [-0.4, -0.2) is 4.98 Å². The van der Waals surface area contributed by atoms with E-state index in [4.69, 9.17) is 5.26 Å². The van der Waals surface area contributed by atoms with Crippen LogP contribution < -0.4 is 5.56 Å². The lowest BCUT2D eigenvalue weighted by Gasteiger charge is -2.06. The second-order valence-electron chi connectivity index (χ2n) is 4.32. The van der Waals surface area contributed by atoms with Gasteiger partial charge >= 0.3 is 0 Å². The van der Waals surface area contributed by atoms with Gasteiger partial charge in [0.25, 0.3) is 5.56 Å². The third-order valence-corrected chi connectivity index (χ3v) is 3.19. The second-order valence-corrected chi connectivity index (χ2v) is 4.32. The summed E-state index contributed by atoms with van der Waals surface area (Å²) in [7, 11) is 0. The molecule has 0 aliphatic heterocycles. The van der Waals surface area contributed by atoms with Crippen molar-refractivity contribution in [2.24, 2.45) is 0 Å². The maximum Gasteiger partial charge on any atom is 0.256 e. The van der Waals surface area contributed by atoms with E-state index < -0.39 is 0 Å². The Morgan fingerprint density at radius 2 is 1.94 bits per heavy atom. The van der Waals surface area contributed by atoms with Gasteiger partial charge in [-0.1, -0.05) is 18.2 Å². The fourth-order valence-electron chi connectivity index (χ4n) is 2.27.